The number of aliphatic carboxylic acids is 1. The third-order valence-corrected chi connectivity index (χ3v) is 7.06. The molecule has 1 aromatic heterocycles. The maximum Gasteiger partial charge on any atom is 0.345 e. The second kappa shape index (κ2) is 10.2. The molecule has 1 unspecified atom stereocenters. The number of H-pyrrole nitrogens is 1. The van der Waals surface area contributed by atoms with Crippen LogP contribution >= 0.6 is 0 Å². The lowest BCUT2D eigenvalue weighted by molar-refractivity contribution is -0.147. The number of oxime groups is 1. The zero-order valence-electron chi connectivity index (χ0n) is 19.1. The van der Waals surface area contributed by atoms with Crippen molar-refractivity contribution in [1.82, 2.24) is 20.0 Å². The van der Waals surface area contributed by atoms with Crippen LogP contribution in [0.3, 0.4) is 0 Å². The Labute approximate surface area is 197 Å². The zero-order chi connectivity index (χ0) is 24.9. The number of nitrogens with one attached hydrogen (secondary N) is 4. The van der Waals surface area contributed by atoms with Crippen LogP contribution in [0.4, 0.5) is 5.95 Å². The molecule has 12 nitrogen and oxygen atoms in total. The first-order valence-electron chi connectivity index (χ1n) is 10.6. The highest BCUT2D eigenvalue weighted by Gasteiger charge is 2.45. The van der Waals surface area contributed by atoms with E-state index >= 15 is 0 Å². The van der Waals surface area contributed by atoms with Crippen LogP contribution in [0, 0.1) is 20.8 Å². The van der Waals surface area contributed by atoms with Gasteiger partial charge in [0.15, 0.2) is 5.95 Å². The number of hydrogen-bond acceptors (Lipinski definition) is 8. The lowest BCUT2D eigenvalue weighted by Gasteiger charge is -2.31. The van der Waals surface area contributed by atoms with Gasteiger partial charge in [-0.3, -0.25) is 4.79 Å². The van der Waals surface area contributed by atoms with Crippen LogP contribution in [-0.4, -0.2) is 59.9 Å². The van der Waals surface area contributed by atoms with Crippen molar-refractivity contribution in [3.8, 4) is 0 Å². The Bertz CT molecular complexity index is 1170. The average Bonchev–Trinajstić information content (AvgIpc) is 3.43. The zero-order valence-corrected chi connectivity index (χ0v) is 20.0. The summed E-state index contributed by atoms with van der Waals surface area (Å²) in [5.41, 5.74) is -0.543. The van der Waals surface area contributed by atoms with E-state index in [4.69, 9.17) is 4.84 Å². The molecule has 0 radical (unpaired) electrons. The van der Waals surface area contributed by atoms with Crippen LogP contribution < -0.4 is 15.4 Å². The minimum Gasteiger partial charge on any atom is -0.478 e. The first kappa shape index (κ1) is 25.2. The van der Waals surface area contributed by atoms with Crippen LogP contribution in [0.1, 0.15) is 36.0 Å². The SMILES string of the molecule is Cc1cc(C)c(S(=O)(=O)NC(CCCNc2ncc[nH]2)(NC(=O)C2=NOCC2)C(=O)O)c(C)c1. The number of aromatic nitrogens is 2. The Hall–Kier alpha value is -3.45. The number of aromatic amines is 1. The van der Waals surface area contributed by atoms with Gasteiger partial charge < -0.3 is 25.6 Å². The summed E-state index contributed by atoms with van der Waals surface area (Å²) in [6.45, 7) is 5.55. The molecule has 0 saturated carbocycles. The normalized spacial score (nSPS) is 15.2. The summed E-state index contributed by atoms with van der Waals surface area (Å²) < 4.78 is 29.1. The fraction of sp³-hybridized carbons (Fsp3) is 0.429. The van der Waals surface area contributed by atoms with Gasteiger partial charge >= 0.3 is 5.97 Å². The molecule has 1 atom stereocenters. The van der Waals surface area contributed by atoms with Crippen molar-refractivity contribution in [2.45, 2.75) is 50.6 Å². The van der Waals surface area contributed by atoms with Gasteiger partial charge in [0.25, 0.3) is 5.91 Å². The number of sulfonamides is 1. The number of aryl methyl sites for hydroxylation is 3. The minimum atomic E-state index is -4.35. The van der Waals surface area contributed by atoms with Crippen molar-refractivity contribution < 1.29 is 28.0 Å². The number of imidazole rings is 1. The smallest absolute Gasteiger partial charge is 0.345 e. The van der Waals surface area contributed by atoms with Gasteiger partial charge in [0.05, 0.1) is 4.90 Å². The number of carboxylic acid groups (broad SMARTS) is 1. The lowest BCUT2D eigenvalue weighted by Crippen LogP contribution is -2.66. The summed E-state index contributed by atoms with van der Waals surface area (Å²) in [6, 6.07) is 3.39. The molecule has 2 aromatic rings. The molecule has 0 saturated heterocycles. The molecule has 0 bridgehead atoms. The molecular formula is C21H28N6O6S. The largest absolute Gasteiger partial charge is 0.478 e. The summed E-state index contributed by atoms with van der Waals surface area (Å²) in [4.78, 5) is 36.9. The Morgan fingerprint density at radius 2 is 1.94 bits per heavy atom. The fourth-order valence-electron chi connectivity index (χ4n) is 3.87. The molecule has 2 heterocycles. The van der Waals surface area contributed by atoms with Crippen LogP contribution in [-0.2, 0) is 24.4 Å². The topological polar surface area (TPSA) is 175 Å². The molecule has 13 heteroatoms. The van der Waals surface area contributed by atoms with E-state index in [1.54, 1.807) is 38.4 Å². The molecule has 0 fully saturated rings. The van der Waals surface area contributed by atoms with Crippen molar-refractivity contribution in [3.63, 3.8) is 0 Å². The van der Waals surface area contributed by atoms with E-state index in [1.165, 1.54) is 0 Å². The summed E-state index contributed by atoms with van der Waals surface area (Å²) >= 11 is 0. The summed E-state index contributed by atoms with van der Waals surface area (Å²) in [5.74, 6) is -1.89. The molecule has 184 valence electrons. The van der Waals surface area contributed by atoms with E-state index in [0.717, 1.165) is 5.56 Å². The number of carboxylic acids is 1. The quantitative estimate of drug-likeness (QED) is 0.229. The van der Waals surface area contributed by atoms with E-state index in [0.29, 0.717) is 17.1 Å². The van der Waals surface area contributed by atoms with Gasteiger partial charge in [-0.15, -0.1) is 0 Å². The molecular weight excluding hydrogens is 464 g/mol. The van der Waals surface area contributed by atoms with Crippen LogP contribution in [0.15, 0.2) is 34.6 Å². The Balaban J connectivity index is 1.91. The number of nitrogens with zero attached hydrogens (tertiary/aromatic N) is 2. The number of carbonyl (C=O) groups excluding carboxylic acids is 1. The van der Waals surface area contributed by atoms with E-state index in [1.807, 2.05) is 6.92 Å². The Kier molecular flexibility index (Phi) is 7.57. The van der Waals surface area contributed by atoms with E-state index in [2.05, 4.69) is 30.5 Å². The standard InChI is InChI=1S/C21H28N6O6S/c1-13-11-14(2)17(15(3)12-13)34(31,32)27-21(19(29)30,25-18(28)16-5-10-33-26-16)6-4-7-22-20-23-8-9-24-20/h8-9,11-12,27H,4-7,10H2,1-3H3,(H,25,28)(H,29,30)(H2,22,23,24). The van der Waals surface area contributed by atoms with Gasteiger partial charge in [0.2, 0.25) is 15.7 Å². The maximum atomic E-state index is 13.4. The molecule has 0 aliphatic carbocycles. The van der Waals surface area contributed by atoms with E-state index < -0.39 is 27.6 Å². The summed E-state index contributed by atoms with van der Waals surface area (Å²) in [6.07, 6.45) is 3.29. The summed E-state index contributed by atoms with van der Waals surface area (Å²) in [7, 11) is -4.35. The van der Waals surface area contributed by atoms with Gasteiger partial charge in [-0.05, 0) is 44.7 Å². The second-order valence-electron chi connectivity index (χ2n) is 8.09. The minimum absolute atomic E-state index is 0.0127. The van der Waals surface area contributed by atoms with Crippen LogP contribution in [0.25, 0.3) is 0 Å². The number of anilines is 1. The predicted octanol–water partition coefficient (Wildman–Crippen LogP) is 1.18. The Morgan fingerprint density at radius 1 is 1.24 bits per heavy atom. The number of carbonyl (C=O) groups is 2. The fourth-order valence-corrected chi connectivity index (χ4v) is 5.64. The molecule has 34 heavy (non-hydrogen) atoms. The van der Waals surface area contributed by atoms with Crippen molar-refractivity contribution in [1.29, 1.82) is 0 Å². The van der Waals surface area contributed by atoms with Crippen molar-refractivity contribution >= 4 is 33.6 Å². The van der Waals surface area contributed by atoms with Crippen molar-refractivity contribution in [2.75, 3.05) is 18.5 Å². The second-order valence-corrected chi connectivity index (χ2v) is 9.71. The molecule has 1 amide bonds. The third kappa shape index (κ3) is 5.72. The van der Waals surface area contributed by atoms with Gasteiger partial charge in [-0.25, -0.2) is 18.2 Å². The van der Waals surface area contributed by atoms with E-state index in [9.17, 15) is 23.1 Å². The first-order chi connectivity index (χ1) is 16.0. The van der Waals surface area contributed by atoms with E-state index in [-0.39, 0.29) is 43.0 Å². The van der Waals surface area contributed by atoms with Crippen molar-refractivity contribution in [3.05, 3.63) is 41.2 Å². The number of hydrogen-bond donors (Lipinski definition) is 5. The summed E-state index contributed by atoms with van der Waals surface area (Å²) in [5, 5.41) is 19.1. The molecule has 0 spiro atoms. The maximum absolute atomic E-state index is 13.4. The monoisotopic (exact) mass is 492 g/mol. The van der Waals surface area contributed by atoms with Crippen LogP contribution in [0.5, 0.6) is 0 Å². The van der Waals surface area contributed by atoms with Gasteiger partial charge in [-0.2, -0.15) is 4.72 Å². The number of benzene rings is 1. The van der Waals surface area contributed by atoms with Gasteiger partial charge in [0.1, 0.15) is 12.3 Å². The highest BCUT2D eigenvalue weighted by Crippen LogP contribution is 2.24. The highest BCUT2D eigenvalue weighted by molar-refractivity contribution is 7.89. The highest BCUT2D eigenvalue weighted by atomic mass is 32.2. The molecule has 1 aliphatic heterocycles. The number of amides is 1. The molecule has 5 N–H and O–H groups in total. The molecule has 3 rings (SSSR count). The Morgan fingerprint density at radius 3 is 2.50 bits per heavy atom. The van der Waals surface area contributed by atoms with Crippen molar-refractivity contribution in [2.24, 2.45) is 5.16 Å². The van der Waals surface area contributed by atoms with Gasteiger partial charge in [0, 0.05) is 25.4 Å². The average molecular weight is 493 g/mol. The predicted molar refractivity (Wildman–Crippen MR) is 124 cm³/mol. The van der Waals surface area contributed by atoms with Crippen LogP contribution in [0.2, 0.25) is 0 Å². The molecule has 1 aromatic carbocycles. The lowest BCUT2D eigenvalue weighted by atomic mass is 10.0. The first-order valence-corrected chi connectivity index (χ1v) is 12.1. The number of rotatable bonds is 11. The molecule has 1 aliphatic rings. The third-order valence-electron chi connectivity index (χ3n) is 5.26. The van der Waals surface area contributed by atoms with Gasteiger partial charge in [-0.1, -0.05) is 22.9 Å².